The first-order valence-corrected chi connectivity index (χ1v) is 11.1. The normalized spacial score (nSPS) is 10.9. The van der Waals surface area contributed by atoms with Gasteiger partial charge < -0.3 is 0 Å². The average Bonchev–Trinajstić information content (AvgIpc) is 3.15. The molecule has 2 heterocycles. The van der Waals surface area contributed by atoms with Crippen LogP contribution in [0.3, 0.4) is 0 Å². The van der Waals surface area contributed by atoms with Gasteiger partial charge in [-0.3, -0.25) is 40.0 Å². The molecular weight excluding hydrogens is 466 g/mol. The summed E-state index contributed by atoms with van der Waals surface area (Å²) in [7, 11) is 0. The highest BCUT2D eigenvalue weighted by Crippen LogP contribution is 2.22. The zero-order chi connectivity index (χ0) is 26.0. The third kappa shape index (κ3) is 4.56. The van der Waals surface area contributed by atoms with Crippen molar-refractivity contribution in [2.24, 2.45) is 0 Å². The fourth-order valence-corrected chi connectivity index (χ4v) is 3.90. The topological polar surface area (TPSA) is 154 Å². The van der Waals surface area contributed by atoms with Gasteiger partial charge in [-0.1, -0.05) is 30.3 Å². The van der Waals surface area contributed by atoms with E-state index >= 15 is 0 Å². The number of carbonyl (C=O) groups excluding carboxylic acids is 2. The molecule has 12 nitrogen and oxygen atoms in total. The van der Waals surface area contributed by atoms with Gasteiger partial charge in [0.25, 0.3) is 17.4 Å². The van der Waals surface area contributed by atoms with Crippen molar-refractivity contribution in [1.29, 1.82) is 0 Å². The van der Waals surface area contributed by atoms with Crippen LogP contribution in [0.1, 0.15) is 44.7 Å². The molecule has 2 aromatic carbocycles. The number of hydrogen-bond donors (Lipinski definition) is 2. The summed E-state index contributed by atoms with van der Waals surface area (Å²) in [6.07, 6.45) is 0. The molecule has 0 atom stereocenters. The molecule has 0 fully saturated rings. The van der Waals surface area contributed by atoms with Gasteiger partial charge in [-0.05, 0) is 44.5 Å². The molecule has 2 amide bonds. The number of hydrazine groups is 1. The van der Waals surface area contributed by atoms with Crippen molar-refractivity contribution in [2.45, 2.75) is 33.9 Å². The predicted molar refractivity (Wildman–Crippen MR) is 131 cm³/mol. The lowest BCUT2D eigenvalue weighted by molar-refractivity contribution is -0.386. The second kappa shape index (κ2) is 9.78. The van der Waals surface area contributed by atoms with Crippen molar-refractivity contribution in [3.05, 3.63) is 97.2 Å². The Labute approximate surface area is 204 Å². The third-order valence-electron chi connectivity index (χ3n) is 5.75. The van der Waals surface area contributed by atoms with E-state index in [0.717, 1.165) is 5.56 Å². The van der Waals surface area contributed by atoms with Crippen molar-refractivity contribution in [1.82, 2.24) is 30.4 Å². The van der Waals surface area contributed by atoms with E-state index in [1.807, 2.05) is 0 Å². The van der Waals surface area contributed by atoms with Gasteiger partial charge in [0.1, 0.15) is 11.4 Å². The monoisotopic (exact) mass is 489 g/mol. The summed E-state index contributed by atoms with van der Waals surface area (Å²) >= 11 is 0. The predicted octanol–water partition coefficient (Wildman–Crippen LogP) is 2.26. The van der Waals surface area contributed by atoms with Crippen LogP contribution in [0.5, 0.6) is 0 Å². The van der Waals surface area contributed by atoms with Gasteiger partial charge in [0, 0.05) is 17.5 Å². The molecule has 2 N–H and O–H groups in total. The number of amides is 2. The highest BCUT2D eigenvalue weighted by atomic mass is 16.6. The number of carbonyl (C=O) groups is 2. The number of fused-ring (bicyclic) bond motifs is 1. The summed E-state index contributed by atoms with van der Waals surface area (Å²) < 4.78 is 2.73. The van der Waals surface area contributed by atoms with Gasteiger partial charge in [0.15, 0.2) is 5.69 Å². The Morgan fingerprint density at radius 1 is 0.944 bits per heavy atom. The lowest BCUT2D eigenvalue weighted by Gasteiger charge is -2.11. The Balaban J connectivity index is 1.46. The number of benzene rings is 2. The maximum atomic E-state index is 12.8. The number of nitrogens with one attached hydrogen (secondary N) is 2. The molecule has 2 aromatic heterocycles. The lowest BCUT2D eigenvalue weighted by Crippen LogP contribution is -2.42. The standard InChI is InChI=1S/C24H23N7O5/c1-4-29-24(34)19-8-6-5-7-18(19)20(28-29)23(33)26-25-22(32)17-11-9-16(10-12-17)13-30-15(3)21(31(35)36)14(2)27-30/h5-12H,4,13H2,1-3H3,(H,25,32)(H,26,33). The summed E-state index contributed by atoms with van der Waals surface area (Å²) in [5.41, 5.74) is 6.25. The van der Waals surface area contributed by atoms with Crippen molar-refractivity contribution >= 4 is 28.3 Å². The van der Waals surface area contributed by atoms with E-state index in [2.05, 4.69) is 21.0 Å². The summed E-state index contributed by atoms with van der Waals surface area (Å²) in [5.74, 6) is -1.21. The molecule has 0 unspecified atom stereocenters. The number of aromatic nitrogens is 4. The van der Waals surface area contributed by atoms with Crippen LogP contribution >= 0.6 is 0 Å². The number of nitro groups is 1. The average molecular weight is 489 g/mol. The van der Waals surface area contributed by atoms with Gasteiger partial charge in [-0.2, -0.15) is 10.2 Å². The van der Waals surface area contributed by atoms with Gasteiger partial charge >= 0.3 is 5.69 Å². The highest BCUT2D eigenvalue weighted by molar-refractivity contribution is 6.06. The second-order valence-electron chi connectivity index (χ2n) is 8.05. The van der Waals surface area contributed by atoms with E-state index in [1.165, 1.54) is 9.36 Å². The molecule has 0 aliphatic carbocycles. The molecule has 4 aromatic rings. The summed E-state index contributed by atoms with van der Waals surface area (Å²) in [5, 5.41) is 20.3. The Bertz CT molecular complexity index is 1550. The Morgan fingerprint density at radius 2 is 1.58 bits per heavy atom. The van der Waals surface area contributed by atoms with E-state index in [-0.39, 0.29) is 29.0 Å². The largest absolute Gasteiger partial charge is 0.312 e. The molecule has 4 rings (SSSR count). The number of aryl methyl sites for hydroxylation is 2. The summed E-state index contributed by atoms with van der Waals surface area (Å²) in [4.78, 5) is 48.6. The van der Waals surface area contributed by atoms with Crippen LogP contribution < -0.4 is 16.4 Å². The van der Waals surface area contributed by atoms with Crippen LogP contribution in [0, 0.1) is 24.0 Å². The minimum Gasteiger partial charge on any atom is -0.267 e. The van der Waals surface area contributed by atoms with Crippen molar-refractivity contribution < 1.29 is 14.5 Å². The fourth-order valence-electron chi connectivity index (χ4n) is 3.90. The van der Waals surface area contributed by atoms with Crippen LogP contribution in [0.2, 0.25) is 0 Å². The van der Waals surface area contributed by atoms with Crippen LogP contribution in [-0.2, 0) is 13.1 Å². The van der Waals surface area contributed by atoms with Crippen molar-refractivity contribution in [3.8, 4) is 0 Å². The van der Waals surface area contributed by atoms with Crippen LogP contribution in [0.25, 0.3) is 10.8 Å². The molecule has 0 radical (unpaired) electrons. The molecule has 12 heteroatoms. The molecule has 0 saturated carbocycles. The van der Waals surface area contributed by atoms with Crippen molar-refractivity contribution in [3.63, 3.8) is 0 Å². The van der Waals surface area contributed by atoms with Crippen LogP contribution in [0.4, 0.5) is 5.69 Å². The summed E-state index contributed by atoms with van der Waals surface area (Å²) in [6, 6.07) is 13.2. The third-order valence-corrected chi connectivity index (χ3v) is 5.75. The van der Waals surface area contributed by atoms with Crippen LogP contribution in [0.15, 0.2) is 53.3 Å². The molecule has 0 aliphatic heterocycles. The summed E-state index contributed by atoms with van der Waals surface area (Å²) in [6.45, 7) is 5.54. The SMILES string of the molecule is CCn1nc(C(=O)NNC(=O)c2ccc(Cn3nc(C)c([N+](=O)[O-])c3C)cc2)c2ccccc2c1=O. The van der Waals surface area contributed by atoms with E-state index < -0.39 is 16.7 Å². The fraction of sp³-hybridized carbons (Fsp3) is 0.208. The number of nitrogens with zero attached hydrogens (tertiary/aromatic N) is 5. The van der Waals surface area contributed by atoms with Gasteiger partial charge in [-0.25, -0.2) is 4.68 Å². The van der Waals surface area contributed by atoms with E-state index in [4.69, 9.17) is 0 Å². The molecular formula is C24H23N7O5. The second-order valence-corrected chi connectivity index (χ2v) is 8.05. The molecule has 0 aliphatic rings. The first-order valence-electron chi connectivity index (χ1n) is 11.1. The van der Waals surface area contributed by atoms with E-state index in [9.17, 15) is 24.5 Å². The maximum absolute atomic E-state index is 12.8. The number of hydrogen-bond acceptors (Lipinski definition) is 7. The number of rotatable bonds is 6. The van der Waals surface area contributed by atoms with Gasteiger partial charge in [0.2, 0.25) is 0 Å². The molecule has 184 valence electrons. The maximum Gasteiger partial charge on any atom is 0.312 e. The minimum absolute atomic E-state index is 0.0154. The molecule has 0 saturated heterocycles. The van der Waals surface area contributed by atoms with E-state index in [0.29, 0.717) is 28.7 Å². The Hall–Kier alpha value is -4.87. The van der Waals surface area contributed by atoms with Crippen molar-refractivity contribution in [2.75, 3.05) is 0 Å². The lowest BCUT2D eigenvalue weighted by atomic mass is 10.1. The highest BCUT2D eigenvalue weighted by Gasteiger charge is 2.22. The Kier molecular flexibility index (Phi) is 6.59. The van der Waals surface area contributed by atoms with Crippen LogP contribution in [-0.4, -0.2) is 36.3 Å². The molecule has 0 spiro atoms. The van der Waals surface area contributed by atoms with Gasteiger partial charge in [-0.15, -0.1) is 0 Å². The zero-order valence-corrected chi connectivity index (χ0v) is 19.8. The van der Waals surface area contributed by atoms with Gasteiger partial charge in [0.05, 0.1) is 16.9 Å². The molecule has 0 bridgehead atoms. The van der Waals surface area contributed by atoms with E-state index in [1.54, 1.807) is 69.3 Å². The zero-order valence-electron chi connectivity index (χ0n) is 19.8. The molecule has 36 heavy (non-hydrogen) atoms. The Morgan fingerprint density at radius 3 is 2.19 bits per heavy atom. The first-order chi connectivity index (χ1) is 17.2. The first kappa shape index (κ1) is 24.3. The smallest absolute Gasteiger partial charge is 0.267 e. The minimum atomic E-state index is -0.663. The quantitative estimate of drug-likeness (QED) is 0.311.